The van der Waals surface area contributed by atoms with E-state index in [0.717, 1.165) is 22.8 Å². The maximum atomic E-state index is 5.75. The summed E-state index contributed by atoms with van der Waals surface area (Å²) >= 11 is 0. The van der Waals surface area contributed by atoms with Gasteiger partial charge >= 0.3 is 0 Å². The second-order valence-corrected chi connectivity index (χ2v) is 4.07. The monoisotopic (exact) mass is 216 g/mol. The van der Waals surface area contributed by atoms with Crippen LogP contribution in [0.25, 0.3) is 5.69 Å². The maximum absolute atomic E-state index is 5.75. The van der Waals surface area contributed by atoms with Crippen molar-refractivity contribution in [3.63, 3.8) is 0 Å². The molecule has 0 spiro atoms. The Kier molecular flexibility index (Phi) is 2.75. The summed E-state index contributed by atoms with van der Waals surface area (Å²) in [6, 6.07) is 5.94. The average Bonchev–Trinajstić information content (AvgIpc) is 2.58. The number of rotatable bonds is 2. The van der Waals surface area contributed by atoms with Gasteiger partial charge in [-0.1, -0.05) is 0 Å². The Bertz CT molecular complexity index is 482. The predicted molar refractivity (Wildman–Crippen MR) is 63.4 cm³/mol. The van der Waals surface area contributed by atoms with E-state index in [-0.39, 0.29) is 6.04 Å². The van der Waals surface area contributed by atoms with Crippen molar-refractivity contribution in [3.05, 3.63) is 41.5 Å². The van der Waals surface area contributed by atoms with Crippen LogP contribution in [0.4, 0.5) is 0 Å². The summed E-state index contributed by atoms with van der Waals surface area (Å²) in [4.78, 5) is 4.32. The minimum Gasteiger partial charge on any atom is -0.323 e. The quantitative estimate of drug-likeness (QED) is 0.834. The molecule has 2 heterocycles. The zero-order valence-electron chi connectivity index (χ0n) is 9.81. The molecule has 0 amide bonds. The smallest absolute Gasteiger partial charge is 0.0832 e. The van der Waals surface area contributed by atoms with Crippen LogP contribution >= 0.6 is 0 Å². The highest BCUT2D eigenvalue weighted by atomic mass is 15.3. The molecule has 0 aliphatic carbocycles. The molecule has 84 valence electrons. The predicted octanol–water partition coefficient (Wildman–Crippen LogP) is 1.90. The highest BCUT2D eigenvalue weighted by molar-refractivity contribution is 5.32. The lowest BCUT2D eigenvalue weighted by atomic mass is 10.2. The lowest BCUT2D eigenvalue weighted by Gasteiger charge is -2.07. The van der Waals surface area contributed by atoms with Gasteiger partial charge in [0.15, 0.2) is 0 Å². The van der Waals surface area contributed by atoms with Gasteiger partial charge in [0, 0.05) is 11.7 Å². The maximum Gasteiger partial charge on any atom is 0.0832 e. The Morgan fingerprint density at radius 2 is 2.06 bits per heavy atom. The van der Waals surface area contributed by atoms with Crippen molar-refractivity contribution < 1.29 is 0 Å². The number of nitrogens with zero attached hydrogens (tertiary/aromatic N) is 3. The molecule has 16 heavy (non-hydrogen) atoms. The van der Waals surface area contributed by atoms with Crippen molar-refractivity contribution in [2.24, 2.45) is 5.73 Å². The molecular weight excluding hydrogens is 200 g/mol. The molecule has 2 rings (SSSR count). The van der Waals surface area contributed by atoms with Crippen molar-refractivity contribution in [1.82, 2.24) is 14.8 Å². The molecular formula is C12H16N4. The molecule has 2 N–H and O–H groups in total. The van der Waals surface area contributed by atoms with Crippen molar-refractivity contribution in [1.29, 1.82) is 0 Å². The van der Waals surface area contributed by atoms with Crippen LogP contribution in [0.5, 0.6) is 0 Å². The second-order valence-electron chi connectivity index (χ2n) is 4.07. The Morgan fingerprint density at radius 1 is 1.31 bits per heavy atom. The van der Waals surface area contributed by atoms with Crippen LogP contribution in [0.15, 0.2) is 24.4 Å². The van der Waals surface area contributed by atoms with E-state index in [1.807, 2.05) is 43.7 Å². The third-order valence-corrected chi connectivity index (χ3v) is 2.49. The number of hydrogen-bond donors (Lipinski definition) is 1. The zero-order chi connectivity index (χ0) is 11.7. The fourth-order valence-corrected chi connectivity index (χ4v) is 1.68. The second kappa shape index (κ2) is 4.06. The van der Waals surface area contributed by atoms with Crippen LogP contribution < -0.4 is 5.73 Å². The number of pyridine rings is 1. The molecule has 4 heteroatoms. The van der Waals surface area contributed by atoms with Gasteiger partial charge in [-0.05, 0) is 39.0 Å². The van der Waals surface area contributed by atoms with E-state index in [9.17, 15) is 0 Å². The Labute approximate surface area is 95.1 Å². The lowest BCUT2D eigenvalue weighted by molar-refractivity contribution is 0.770. The molecule has 0 aliphatic heterocycles. The molecule has 0 bridgehead atoms. The van der Waals surface area contributed by atoms with Gasteiger partial charge < -0.3 is 5.73 Å². The highest BCUT2D eigenvalue weighted by Crippen LogP contribution is 2.13. The number of nitrogens with two attached hydrogens (primary N) is 1. The molecule has 0 saturated heterocycles. The summed E-state index contributed by atoms with van der Waals surface area (Å²) in [6.07, 6.45) is 1.80. The summed E-state index contributed by atoms with van der Waals surface area (Å²) < 4.78 is 1.88. The first-order valence-electron chi connectivity index (χ1n) is 5.33. The van der Waals surface area contributed by atoms with Crippen LogP contribution in [0.1, 0.15) is 30.0 Å². The zero-order valence-corrected chi connectivity index (χ0v) is 9.81. The third kappa shape index (κ3) is 1.97. The van der Waals surface area contributed by atoms with Crippen molar-refractivity contribution in [3.8, 4) is 5.69 Å². The lowest BCUT2D eigenvalue weighted by Crippen LogP contribution is -2.08. The fraction of sp³-hybridized carbons (Fsp3) is 0.333. The van der Waals surface area contributed by atoms with Crippen LogP contribution in [0, 0.1) is 13.8 Å². The third-order valence-electron chi connectivity index (χ3n) is 2.49. The number of aryl methyl sites for hydroxylation is 2. The summed E-state index contributed by atoms with van der Waals surface area (Å²) in [7, 11) is 0. The van der Waals surface area contributed by atoms with Gasteiger partial charge in [-0.15, -0.1) is 0 Å². The van der Waals surface area contributed by atoms with Crippen LogP contribution in [-0.4, -0.2) is 14.8 Å². The Hall–Kier alpha value is -1.68. The molecule has 0 radical (unpaired) electrons. The minimum atomic E-state index is -0.0329. The minimum absolute atomic E-state index is 0.0329. The average molecular weight is 216 g/mol. The SMILES string of the molecule is Cc1cc(C)n(-c2ccc([C@@H](C)N)nc2)n1. The van der Waals surface area contributed by atoms with E-state index in [2.05, 4.69) is 10.1 Å². The summed E-state index contributed by atoms with van der Waals surface area (Å²) in [5.41, 5.74) is 9.73. The van der Waals surface area contributed by atoms with Gasteiger partial charge in [0.2, 0.25) is 0 Å². The van der Waals surface area contributed by atoms with E-state index in [1.54, 1.807) is 6.20 Å². The topological polar surface area (TPSA) is 56.7 Å². The van der Waals surface area contributed by atoms with E-state index in [1.165, 1.54) is 0 Å². The van der Waals surface area contributed by atoms with Crippen molar-refractivity contribution in [2.75, 3.05) is 0 Å². The summed E-state index contributed by atoms with van der Waals surface area (Å²) in [5.74, 6) is 0. The fourth-order valence-electron chi connectivity index (χ4n) is 1.68. The van der Waals surface area contributed by atoms with E-state index < -0.39 is 0 Å². The van der Waals surface area contributed by atoms with Gasteiger partial charge in [0.05, 0.1) is 23.3 Å². The summed E-state index contributed by atoms with van der Waals surface area (Å²) in [6.45, 7) is 5.93. The standard InChI is InChI=1S/C12H16N4/c1-8-6-9(2)16(15-8)11-4-5-12(10(3)13)14-7-11/h4-7,10H,13H2,1-3H3/t10-/m1/s1. The number of hydrogen-bond acceptors (Lipinski definition) is 3. The molecule has 0 aromatic carbocycles. The van der Waals surface area contributed by atoms with E-state index in [4.69, 9.17) is 5.73 Å². The molecule has 2 aromatic rings. The largest absolute Gasteiger partial charge is 0.323 e. The molecule has 0 unspecified atom stereocenters. The van der Waals surface area contributed by atoms with E-state index in [0.29, 0.717) is 0 Å². The Balaban J connectivity index is 2.38. The molecule has 0 saturated carbocycles. The highest BCUT2D eigenvalue weighted by Gasteiger charge is 2.05. The van der Waals surface area contributed by atoms with E-state index >= 15 is 0 Å². The molecule has 1 atom stereocenters. The van der Waals surface area contributed by atoms with Gasteiger partial charge in [-0.3, -0.25) is 4.98 Å². The van der Waals surface area contributed by atoms with Crippen LogP contribution in [0.3, 0.4) is 0 Å². The molecule has 4 nitrogen and oxygen atoms in total. The van der Waals surface area contributed by atoms with Crippen LogP contribution in [0.2, 0.25) is 0 Å². The molecule has 0 aliphatic rings. The Morgan fingerprint density at radius 3 is 2.50 bits per heavy atom. The van der Waals surface area contributed by atoms with Gasteiger partial charge in [0.25, 0.3) is 0 Å². The number of aromatic nitrogens is 3. The van der Waals surface area contributed by atoms with Crippen LogP contribution in [-0.2, 0) is 0 Å². The van der Waals surface area contributed by atoms with Gasteiger partial charge in [0.1, 0.15) is 0 Å². The first kappa shape index (κ1) is 10.8. The van der Waals surface area contributed by atoms with Gasteiger partial charge in [-0.2, -0.15) is 5.10 Å². The molecule has 0 fully saturated rings. The van der Waals surface area contributed by atoms with Crippen molar-refractivity contribution >= 4 is 0 Å². The first-order chi connectivity index (χ1) is 7.58. The normalized spacial score (nSPS) is 12.8. The van der Waals surface area contributed by atoms with Gasteiger partial charge in [-0.25, -0.2) is 4.68 Å². The van der Waals surface area contributed by atoms with Crippen molar-refractivity contribution in [2.45, 2.75) is 26.8 Å². The first-order valence-corrected chi connectivity index (χ1v) is 5.33. The summed E-state index contributed by atoms with van der Waals surface area (Å²) in [5, 5.41) is 4.40. The molecule has 2 aromatic heterocycles.